The SMILES string of the molecule is CO[C@H]1CNCC1NC(=O)c1ccccc1C(C)(C)C. The second-order valence-corrected chi connectivity index (χ2v) is 6.31. The van der Waals surface area contributed by atoms with Crippen LogP contribution in [-0.4, -0.2) is 38.3 Å². The van der Waals surface area contributed by atoms with Crippen LogP contribution >= 0.6 is 0 Å². The monoisotopic (exact) mass is 276 g/mol. The number of carbonyl (C=O) groups excluding carboxylic acids is 1. The molecular weight excluding hydrogens is 252 g/mol. The Kier molecular flexibility index (Phi) is 4.45. The number of hydrogen-bond donors (Lipinski definition) is 2. The highest BCUT2D eigenvalue weighted by atomic mass is 16.5. The fraction of sp³-hybridized carbons (Fsp3) is 0.562. The Morgan fingerprint density at radius 2 is 2.00 bits per heavy atom. The second-order valence-electron chi connectivity index (χ2n) is 6.31. The summed E-state index contributed by atoms with van der Waals surface area (Å²) in [7, 11) is 1.68. The minimum Gasteiger partial charge on any atom is -0.378 e. The van der Waals surface area contributed by atoms with Gasteiger partial charge in [0.05, 0.1) is 12.1 Å². The van der Waals surface area contributed by atoms with Gasteiger partial charge in [0.1, 0.15) is 0 Å². The Labute approximate surface area is 120 Å². The maximum absolute atomic E-state index is 12.5. The van der Waals surface area contributed by atoms with E-state index < -0.39 is 0 Å². The zero-order chi connectivity index (χ0) is 14.8. The third-order valence-corrected chi connectivity index (χ3v) is 3.76. The Bertz CT molecular complexity index is 480. The van der Waals surface area contributed by atoms with Gasteiger partial charge in [-0.3, -0.25) is 4.79 Å². The minimum atomic E-state index is -0.0531. The summed E-state index contributed by atoms with van der Waals surface area (Å²) in [5.41, 5.74) is 1.77. The molecule has 1 aromatic carbocycles. The molecule has 110 valence electrons. The molecule has 1 aromatic rings. The highest BCUT2D eigenvalue weighted by Gasteiger charge is 2.29. The smallest absolute Gasteiger partial charge is 0.251 e. The molecule has 1 saturated heterocycles. The van der Waals surface area contributed by atoms with Crippen molar-refractivity contribution in [3.63, 3.8) is 0 Å². The molecule has 0 aromatic heterocycles. The van der Waals surface area contributed by atoms with Crippen molar-refractivity contribution in [3.8, 4) is 0 Å². The lowest BCUT2D eigenvalue weighted by atomic mass is 9.83. The number of hydrogen-bond acceptors (Lipinski definition) is 3. The molecule has 0 bridgehead atoms. The van der Waals surface area contributed by atoms with Gasteiger partial charge in [0.2, 0.25) is 0 Å². The van der Waals surface area contributed by atoms with Gasteiger partial charge in [0.15, 0.2) is 0 Å². The summed E-state index contributed by atoms with van der Waals surface area (Å²) >= 11 is 0. The first-order valence-electron chi connectivity index (χ1n) is 7.07. The summed E-state index contributed by atoms with van der Waals surface area (Å²) in [6, 6.07) is 7.83. The summed E-state index contributed by atoms with van der Waals surface area (Å²) in [4.78, 5) is 12.5. The van der Waals surface area contributed by atoms with Gasteiger partial charge in [0, 0.05) is 25.8 Å². The van der Waals surface area contributed by atoms with E-state index in [9.17, 15) is 4.79 Å². The van der Waals surface area contributed by atoms with Crippen molar-refractivity contribution < 1.29 is 9.53 Å². The molecule has 1 unspecified atom stereocenters. The van der Waals surface area contributed by atoms with Crippen molar-refractivity contribution in [2.75, 3.05) is 20.2 Å². The van der Waals surface area contributed by atoms with Crippen molar-refractivity contribution in [3.05, 3.63) is 35.4 Å². The number of benzene rings is 1. The first-order chi connectivity index (χ1) is 9.43. The van der Waals surface area contributed by atoms with E-state index in [-0.39, 0.29) is 23.5 Å². The van der Waals surface area contributed by atoms with Gasteiger partial charge in [-0.2, -0.15) is 0 Å². The van der Waals surface area contributed by atoms with E-state index in [4.69, 9.17) is 4.74 Å². The number of carbonyl (C=O) groups is 1. The highest BCUT2D eigenvalue weighted by molar-refractivity contribution is 5.96. The standard InChI is InChI=1S/C16H24N2O2/c1-16(2,3)12-8-6-5-7-11(12)15(19)18-13-9-17-10-14(13)20-4/h5-8,13-14,17H,9-10H2,1-4H3,(H,18,19)/t13?,14-/m0/s1. The molecule has 1 amide bonds. The zero-order valence-electron chi connectivity index (χ0n) is 12.7. The molecule has 1 fully saturated rings. The Hall–Kier alpha value is -1.39. The van der Waals surface area contributed by atoms with E-state index in [1.165, 1.54) is 0 Å². The van der Waals surface area contributed by atoms with E-state index in [0.29, 0.717) is 0 Å². The summed E-state index contributed by atoms with van der Waals surface area (Å²) in [6.45, 7) is 7.89. The van der Waals surface area contributed by atoms with Crippen LogP contribution in [0.2, 0.25) is 0 Å². The van der Waals surface area contributed by atoms with Crippen LogP contribution in [0.15, 0.2) is 24.3 Å². The third kappa shape index (κ3) is 3.19. The summed E-state index contributed by atoms with van der Waals surface area (Å²) in [6.07, 6.45) is 0.0424. The van der Waals surface area contributed by atoms with Crippen LogP contribution in [0.5, 0.6) is 0 Å². The van der Waals surface area contributed by atoms with Gasteiger partial charge in [0.25, 0.3) is 5.91 Å². The molecule has 2 atom stereocenters. The number of amides is 1. The van der Waals surface area contributed by atoms with Crippen molar-refractivity contribution in [2.24, 2.45) is 0 Å². The van der Waals surface area contributed by atoms with Crippen LogP contribution in [0.25, 0.3) is 0 Å². The highest BCUT2D eigenvalue weighted by Crippen LogP contribution is 2.25. The Morgan fingerprint density at radius 3 is 2.65 bits per heavy atom. The summed E-state index contributed by atoms with van der Waals surface area (Å²) in [5.74, 6) is -0.0220. The van der Waals surface area contributed by atoms with Crippen molar-refractivity contribution in [1.29, 1.82) is 0 Å². The number of methoxy groups -OCH3 is 1. The Balaban J connectivity index is 2.18. The molecule has 0 radical (unpaired) electrons. The van der Waals surface area contributed by atoms with Gasteiger partial charge < -0.3 is 15.4 Å². The van der Waals surface area contributed by atoms with E-state index >= 15 is 0 Å². The molecule has 4 nitrogen and oxygen atoms in total. The average molecular weight is 276 g/mol. The molecule has 1 aliphatic rings. The van der Waals surface area contributed by atoms with Gasteiger partial charge >= 0.3 is 0 Å². The fourth-order valence-electron chi connectivity index (χ4n) is 2.63. The lowest BCUT2D eigenvalue weighted by Crippen LogP contribution is -2.44. The normalized spacial score (nSPS) is 22.8. The zero-order valence-corrected chi connectivity index (χ0v) is 12.7. The van der Waals surface area contributed by atoms with E-state index in [2.05, 4.69) is 31.4 Å². The Morgan fingerprint density at radius 1 is 1.30 bits per heavy atom. The fourth-order valence-corrected chi connectivity index (χ4v) is 2.63. The van der Waals surface area contributed by atoms with Gasteiger partial charge in [-0.25, -0.2) is 0 Å². The summed E-state index contributed by atoms with van der Waals surface area (Å²) in [5, 5.41) is 6.32. The lowest BCUT2D eigenvalue weighted by Gasteiger charge is -2.24. The molecule has 20 heavy (non-hydrogen) atoms. The number of ether oxygens (including phenoxy) is 1. The van der Waals surface area contributed by atoms with E-state index in [1.54, 1.807) is 7.11 Å². The number of nitrogens with one attached hydrogen (secondary N) is 2. The molecule has 0 spiro atoms. The summed E-state index contributed by atoms with van der Waals surface area (Å²) < 4.78 is 5.38. The average Bonchev–Trinajstić information content (AvgIpc) is 2.85. The van der Waals surface area contributed by atoms with E-state index in [1.807, 2.05) is 24.3 Å². The second kappa shape index (κ2) is 5.94. The number of rotatable bonds is 3. The molecule has 4 heteroatoms. The minimum absolute atomic E-state index is 0.0220. The van der Waals surface area contributed by atoms with Crippen molar-refractivity contribution >= 4 is 5.91 Å². The molecular formula is C16H24N2O2. The molecule has 2 N–H and O–H groups in total. The maximum atomic E-state index is 12.5. The van der Waals surface area contributed by atoms with Gasteiger partial charge in [-0.05, 0) is 17.0 Å². The lowest BCUT2D eigenvalue weighted by molar-refractivity contribution is 0.0778. The molecule has 1 heterocycles. The van der Waals surface area contributed by atoms with E-state index in [0.717, 1.165) is 24.2 Å². The van der Waals surface area contributed by atoms with Gasteiger partial charge in [-0.15, -0.1) is 0 Å². The quantitative estimate of drug-likeness (QED) is 0.883. The topological polar surface area (TPSA) is 50.4 Å². The predicted molar refractivity (Wildman–Crippen MR) is 80.1 cm³/mol. The third-order valence-electron chi connectivity index (χ3n) is 3.76. The van der Waals surface area contributed by atoms with Crippen molar-refractivity contribution in [1.82, 2.24) is 10.6 Å². The van der Waals surface area contributed by atoms with Crippen LogP contribution in [0.3, 0.4) is 0 Å². The first kappa shape index (κ1) is 15.0. The van der Waals surface area contributed by atoms with Crippen LogP contribution in [-0.2, 0) is 10.2 Å². The van der Waals surface area contributed by atoms with Crippen LogP contribution in [0.1, 0.15) is 36.7 Å². The predicted octanol–water partition coefficient (Wildman–Crippen LogP) is 1.70. The molecule has 2 rings (SSSR count). The van der Waals surface area contributed by atoms with Crippen LogP contribution < -0.4 is 10.6 Å². The van der Waals surface area contributed by atoms with Crippen molar-refractivity contribution in [2.45, 2.75) is 38.3 Å². The maximum Gasteiger partial charge on any atom is 0.251 e. The van der Waals surface area contributed by atoms with Gasteiger partial charge in [-0.1, -0.05) is 39.0 Å². The molecule has 1 aliphatic heterocycles. The van der Waals surface area contributed by atoms with Crippen LogP contribution in [0, 0.1) is 0 Å². The molecule has 0 aliphatic carbocycles. The van der Waals surface area contributed by atoms with Crippen LogP contribution in [0.4, 0.5) is 0 Å². The first-order valence-corrected chi connectivity index (χ1v) is 7.07. The largest absolute Gasteiger partial charge is 0.378 e. The molecule has 0 saturated carbocycles.